The lowest BCUT2D eigenvalue weighted by atomic mass is 10.2. The molecule has 0 bridgehead atoms. The van der Waals surface area contributed by atoms with Gasteiger partial charge in [-0.15, -0.1) is 11.3 Å². The van der Waals surface area contributed by atoms with Crippen LogP contribution in [0.1, 0.15) is 11.3 Å². The lowest BCUT2D eigenvalue weighted by Gasteiger charge is -1.91. The quantitative estimate of drug-likeness (QED) is 0.906. The number of benzene rings is 1. The highest BCUT2D eigenvalue weighted by molar-refractivity contribution is 9.10. The highest BCUT2D eigenvalue weighted by Crippen LogP contribution is 2.28. The van der Waals surface area contributed by atoms with Gasteiger partial charge in [0.15, 0.2) is 0 Å². The SMILES string of the molecule is NCCCc1cc2cc(Br)ccc2s1. The second-order valence-electron chi connectivity index (χ2n) is 3.29. The molecule has 0 unspecified atom stereocenters. The third kappa shape index (κ3) is 2.16. The maximum absolute atomic E-state index is 5.49. The molecule has 74 valence electrons. The third-order valence-electron chi connectivity index (χ3n) is 2.16. The van der Waals surface area contributed by atoms with E-state index in [1.54, 1.807) is 0 Å². The first-order valence-electron chi connectivity index (χ1n) is 4.67. The van der Waals surface area contributed by atoms with Gasteiger partial charge in [-0.2, -0.15) is 0 Å². The summed E-state index contributed by atoms with van der Waals surface area (Å²) in [5.74, 6) is 0. The Morgan fingerprint density at radius 1 is 1.29 bits per heavy atom. The van der Waals surface area contributed by atoms with Crippen molar-refractivity contribution < 1.29 is 0 Å². The lowest BCUT2D eigenvalue weighted by molar-refractivity contribution is 0.843. The van der Waals surface area contributed by atoms with Gasteiger partial charge in [-0.05, 0) is 49.0 Å². The predicted molar refractivity (Wildman–Crippen MR) is 66.9 cm³/mol. The maximum Gasteiger partial charge on any atom is 0.0346 e. The van der Waals surface area contributed by atoms with Crippen molar-refractivity contribution in [3.05, 3.63) is 33.6 Å². The zero-order valence-electron chi connectivity index (χ0n) is 7.79. The molecule has 1 nitrogen and oxygen atoms in total. The zero-order chi connectivity index (χ0) is 9.97. The van der Waals surface area contributed by atoms with Gasteiger partial charge >= 0.3 is 0 Å². The van der Waals surface area contributed by atoms with E-state index in [0.717, 1.165) is 23.9 Å². The smallest absolute Gasteiger partial charge is 0.0346 e. The molecular weight excluding hydrogens is 258 g/mol. The van der Waals surface area contributed by atoms with Crippen LogP contribution in [0.4, 0.5) is 0 Å². The minimum atomic E-state index is 0.776. The number of rotatable bonds is 3. The highest BCUT2D eigenvalue weighted by Gasteiger charge is 2.01. The number of fused-ring (bicyclic) bond motifs is 1. The summed E-state index contributed by atoms with van der Waals surface area (Å²) in [6, 6.07) is 8.68. The molecule has 0 saturated carbocycles. The van der Waals surface area contributed by atoms with Gasteiger partial charge in [0.2, 0.25) is 0 Å². The fourth-order valence-corrected chi connectivity index (χ4v) is 2.93. The van der Waals surface area contributed by atoms with Crippen molar-refractivity contribution in [2.75, 3.05) is 6.54 Å². The number of nitrogens with two attached hydrogens (primary N) is 1. The Bertz CT molecular complexity index is 436. The summed E-state index contributed by atoms with van der Waals surface area (Å²) in [6.45, 7) is 0.776. The first kappa shape index (κ1) is 10.1. The van der Waals surface area contributed by atoms with Crippen LogP contribution in [0.25, 0.3) is 10.1 Å². The molecule has 0 fully saturated rings. The molecule has 2 aromatic rings. The molecular formula is C11H12BrNS. The van der Waals surface area contributed by atoms with Crippen LogP contribution in [0.5, 0.6) is 0 Å². The first-order valence-corrected chi connectivity index (χ1v) is 6.28. The molecule has 14 heavy (non-hydrogen) atoms. The van der Waals surface area contributed by atoms with Crippen LogP contribution in [0.15, 0.2) is 28.7 Å². The average molecular weight is 270 g/mol. The van der Waals surface area contributed by atoms with Gasteiger partial charge in [-0.1, -0.05) is 15.9 Å². The minimum absolute atomic E-state index is 0.776. The third-order valence-corrected chi connectivity index (χ3v) is 3.83. The van der Waals surface area contributed by atoms with Crippen molar-refractivity contribution in [3.8, 4) is 0 Å². The lowest BCUT2D eigenvalue weighted by Crippen LogP contribution is -1.99. The van der Waals surface area contributed by atoms with Crippen LogP contribution in [-0.2, 0) is 6.42 Å². The molecule has 0 aliphatic heterocycles. The van der Waals surface area contributed by atoms with Crippen molar-refractivity contribution in [1.82, 2.24) is 0 Å². The van der Waals surface area contributed by atoms with E-state index in [4.69, 9.17) is 5.73 Å². The molecule has 1 aromatic carbocycles. The molecule has 0 radical (unpaired) electrons. The fourth-order valence-electron chi connectivity index (χ4n) is 1.47. The van der Waals surface area contributed by atoms with Crippen LogP contribution in [0, 0.1) is 0 Å². The van der Waals surface area contributed by atoms with Gasteiger partial charge < -0.3 is 5.73 Å². The van der Waals surface area contributed by atoms with Crippen LogP contribution in [0.3, 0.4) is 0 Å². The van der Waals surface area contributed by atoms with Crippen LogP contribution in [0.2, 0.25) is 0 Å². The molecule has 2 rings (SSSR count). The summed E-state index contributed by atoms with van der Waals surface area (Å²) < 4.78 is 2.51. The number of hydrogen-bond acceptors (Lipinski definition) is 2. The van der Waals surface area contributed by atoms with E-state index in [2.05, 4.69) is 40.2 Å². The Morgan fingerprint density at radius 2 is 2.14 bits per heavy atom. The second kappa shape index (κ2) is 4.43. The van der Waals surface area contributed by atoms with Crippen molar-refractivity contribution in [1.29, 1.82) is 0 Å². The van der Waals surface area contributed by atoms with Gasteiger partial charge in [0, 0.05) is 14.0 Å². The number of aryl methyl sites for hydroxylation is 1. The normalized spacial score (nSPS) is 11.0. The summed E-state index contributed by atoms with van der Waals surface area (Å²) in [5.41, 5.74) is 5.49. The van der Waals surface area contributed by atoms with Gasteiger partial charge in [-0.25, -0.2) is 0 Å². The fraction of sp³-hybridized carbons (Fsp3) is 0.273. The van der Waals surface area contributed by atoms with Gasteiger partial charge in [0.25, 0.3) is 0 Å². The Labute approximate surface area is 96.1 Å². The summed E-state index contributed by atoms with van der Waals surface area (Å²) in [5, 5.41) is 1.33. The number of hydrogen-bond donors (Lipinski definition) is 1. The predicted octanol–water partition coefficient (Wildman–Crippen LogP) is 3.56. The molecule has 2 N–H and O–H groups in total. The monoisotopic (exact) mass is 269 g/mol. The van der Waals surface area contributed by atoms with Gasteiger partial charge in [0.1, 0.15) is 0 Å². The summed E-state index contributed by atoms with van der Waals surface area (Å²) in [4.78, 5) is 1.43. The molecule has 1 heterocycles. The number of halogens is 1. The van der Waals surface area contributed by atoms with E-state index < -0.39 is 0 Å². The maximum atomic E-state index is 5.49. The van der Waals surface area contributed by atoms with E-state index in [0.29, 0.717) is 0 Å². The van der Waals surface area contributed by atoms with E-state index in [1.165, 1.54) is 15.0 Å². The summed E-state index contributed by atoms with van der Waals surface area (Å²) in [6.07, 6.45) is 2.18. The van der Waals surface area contributed by atoms with E-state index >= 15 is 0 Å². The molecule has 0 aliphatic rings. The summed E-state index contributed by atoms with van der Waals surface area (Å²) in [7, 11) is 0. The first-order chi connectivity index (χ1) is 6.79. The van der Waals surface area contributed by atoms with Crippen molar-refractivity contribution in [3.63, 3.8) is 0 Å². The zero-order valence-corrected chi connectivity index (χ0v) is 10.2. The van der Waals surface area contributed by atoms with Crippen molar-refractivity contribution >= 4 is 37.4 Å². The molecule has 0 atom stereocenters. The minimum Gasteiger partial charge on any atom is -0.330 e. The van der Waals surface area contributed by atoms with Gasteiger partial charge in [-0.3, -0.25) is 0 Å². The molecule has 0 amide bonds. The van der Waals surface area contributed by atoms with E-state index in [-0.39, 0.29) is 0 Å². The van der Waals surface area contributed by atoms with Crippen LogP contribution < -0.4 is 5.73 Å². The van der Waals surface area contributed by atoms with Crippen LogP contribution >= 0.6 is 27.3 Å². The average Bonchev–Trinajstić information content (AvgIpc) is 2.56. The standard InChI is InChI=1S/C11H12BrNS/c12-9-3-4-11-8(6-9)7-10(14-11)2-1-5-13/h3-4,6-7H,1-2,5,13H2. The molecule has 0 spiro atoms. The Hall–Kier alpha value is -0.380. The molecule has 1 aromatic heterocycles. The highest BCUT2D eigenvalue weighted by atomic mass is 79.9. The summed E-state index contributed by atoms with van der Waals surface area (Å²) >= 11 is 5.35. The number of thiophene rings is 1. The Kier molecular flexibility index (Phi) is 3.21. The van der Waals surface area contributed by atoms with Crippen LogP contribution in [-0.4, -0.2) is 6.54 Å². The van der Waals surface area contributed by atoms with Gasteiger partial charge in [0.05, 0.1) is 0 Å². The van der Waals surface area contributed by atoms with E-state index in [9.17, 15) is 0 Å². The van der Waals surface area contributed by atoms with Crippen molar-refractivity contribution in [2.45, 2.75) is 12.8 Å². The topological polar surface area (TPSA) is 26.0 Å². The Morgan fingerprint density at radius 3 is 2.93 bits per heavy atom. The molecule has 0 aliphatic carbocycles. The second-order valence-corrected chi connectivity index (χ2v) is 5.37. The van der Waals surface area contributed by atoms with E-state index in [1.807, 2.05) is 11.3 Å². The van der Waals surface area contributed by atoms with Crippen molar-refractivity contribution in [2.24, 2.45) is 5.73 Å². The molecule has 0 saturated heterocycles. The molecule has 3 heteroatoms. The Balaban J connectivity index is 2.32. The largest absolute Gasteiger partial charge is 0.330 e.